The van der Waals surface area contributed by atoms with Crippen LogP contribution in [-0.4, -0.2) is 10.2 Å². The average Bonchev–Trinajstić information content (AvgIpc) is 2.37. The fraction of sp³-hybridized carbons (Fsp3) is 0.167. The summed E-state index contributed by atoms with van der Waals surface area (Å²) < 4.78 is 37.6. The molecule has 0 amide bonds. The van der Waals surface area contributed by atoms with E-state index in [4.69, 9.17) is 11.6 Å². The molecule has 19 heavy (non-hydrogen) atoms. The van der Waals surface area contributed by atoms with Crippen molar-refractivity contribution in [1.29, 1.82) is 0 Å². The molecule has 0 saturated heterocycles. The Morgan fingerprint density at radius 3 is 2.53 bits per heavy atom. The lowest BCUT2D eigenvalue weighted by atomic mass is 10.1. The number of halogens is 4. The summed E-state index contributed by atoms with van der Waals surface area (Å²) in [5.41, 5.74) is -0.0654. The van der Waals surface area contributed by atoms with Gasteiger partial charge in [-0.05, 0) is 23.8 Å². The Morgan fingerprint density at radius 2 is 1.89 bits per heavy atom. The van der Waals surface area contributed by atoms with Crippen molar-refractivity contribution < 1.29 is 13.2 Å². The number of thioether (sulfide) groups is 1. The maximum Gasteiger partial charge on any atom is 0.416 e. The Morgan fingerprint density at radius 1 is 1.11 bits per heavy atom. The van der Waals surface area contributed by atoms with Crippen LogP contribution in [0.4, 0.5) is 13.2 Å². The molecule has 0 aliphatic rings. The number of nitrogens with zero attached hydrogens (tertiary/aromatic N) is 2. The molecule has 0 N–H and O–H groups in total. The van der Waals surface area contributed by atoms with Crippen LogP contribution in [0.1, 0.15) is 11.1 Å². The summed E-state index contributed by atoms with van der Waals surface area (Å²) in [6.07, 6.45) is -4.32. The molecule has 1 aromatic heterocycles. The predicted octanol–water partition coefficient (Wildman–Crippen LogP) is 4.44. The second-order valence-corrected chi connectivity index (χ2v) is 5.06. The van der Waals surface area contributed by atoms with Crippen molar-refractivity contribution in [3.8, 4) is 0 Å². The topological polar surface area (TPSA) is 25.8 Å². The number of rotatable bonds is 3. The van der Waals surface area contributed by atoms with E-state index in [9.17, 15) is 13.2 Å². The normalized spacial score (nSPS) is 11.6. The molecule has 0 aliphatic carbocycles. The van der Waals surface area contributed by atoms with Crippen molar-refractivity contribution >= 4 is 23.4 Å². The van der Waals surface area contributed by atoms with Crippen molar-refractivity contribution in [1.82, 2.24) is 10.2 Å². The molecule has 1 aromatic carbocycles. The molecule has 2 aromatic rings. The number of aromatic nitrogens is 2. The van der Waals surface area contributed by atoms with Crippen molar-refractivity contribution in [2.75, 3.05) is 0 Å². The van der Waals surface area contributed by atoms with Crippen LogP contribution in [-0.2, 0) is 11.9 Å². The van der Waals surface area contributed by atoms with Gasteiger partial charge in [0.2, 0.25) is 0 Å². The van der Waals surface area contributed by atoms with Crippen molar-refractivity contribution in [3.05, 3.63) is 52.7 Å². The van der Waals surface area contributed by atoms with E-state index in [1.54, 1.807) is 18.2 Å². The van der Waals surface area contributed by atoms with E-state index in [2.05, 4.69) is 10.2 Å². The third-order valence-electron chi connectivity index (χ3n) is 2.25. The average molecular weight is 305 g/mol. The first-order chi connectivity index (χ1) is 8.95. The highest BCUT2D eigenvalue weighted by Crippen LogP contribution is 2.30. The maximum absolute atomic E-state index is 12.5. The second-order valence-electron chi connectivity index (χ2n) is 3.68. The predicted molar refractivity (Wildman–Crippen MR) is 68.0 cm³/mol. The maximum atomic E-state index is 12.5. The Kier molecular flexibility index (Phi) is 4.31. The van der Waals surface area contributed by atoms with Gasteiger partial charge in [0.05, 0.1) is 5.56 Å². The van der Waals surface area contributed by atoms with Gasteiger partial charge in [0.15, 0.2) is 5.15 Å². The SMILES string of the molecule is FC(F)(F)c1cccc(CSc2ccc(Cl)nn2)c1. The fourth-order valence-corrected chi connectivity index (χ4v) is 2.23. The molecule has 0 spiro atoms. The van der Waals surface area contributed by atoms with E-state index < -0.39 is 11.7 Å². The number of benzene rings is 1. The summed E-state index contributed by atoms with van der Waals surface area (Å²) in [6.45, 7) is 0. The minimum absolute atomic E-state index is 0.281. The molecule has 0 bridgehead atoms. The van der Waals surface area contributed by atoms with Crippen molar-refractivity contribution in [2.24, 2.45) is 0 Å². The van der Waals surface area contributed by atoms with Crippen LogP contribution in [0.2, 0.25) is 5.15 Å². The molecule has 0 radical (unpaired) electrons. The van der Waals surface area contributed by atoms with Gasteiger partial charge < -0.3 is 0 Å². The molecule has 0 saturated carbocycles. The zero-order valence-electron chi connectivity index (χ0n) is 9.49. The highest BCUT2D eigenvalue weighted by molar-refractivity contribution is 7.98. The van der Waals surface area contributed by atoms with Gasteiger partial charge in [-0.1, -0.05) is 41.6 Å². The Bertz CT molecular complexity index is 558. The molecule has 0 atom stereocenters. The molecule has 2 nitrogen and oxygen atoms in total. The van der Waals surface area contributed by atoms with Gasteiger partial charge in [0, 0.05) is 5.75 Å². The van der Waals surface area contributed by atoms with Gasteiger partial charge in [-0.25, -0.2) is 0 Å². The number of hydrogen-bond acceptors (Lipinski definition) is 3. The van der Waals surface area contributed by atoms with Gasteiger partial charge in [-0.15, -0.1) is 10.2 Å². The summed E-state index contributed by atoms with van der Waals surface area (Å²) >= 11 is 6.89. The van der Waals surface area contributed by atoms with E-state index >= 15 is 0 Å². The highest BCUT2D eigenvalue weighted by Gasteiger charge is 2.30. The van der Waals surface area contributed by atoms with Crippen LogP contribution in [0.25, 0.3) is 0 Å². The highest BCUT2D eigenvalue weighted by atomic mass is 35.5. The van der Waals surface area contributed by atoms with Crippen molar-refractivity contribution in [3.63, 3.8) is 0 Å². The number of hydrogen-bond donors (Lipinski definition) is 0. The van der Waals surface area contributed by atoms with Crippen LogP contribution in [0.5, 0.6) is 0 Å². The Hall–Kier alpha value is -1.27. The molecular formula is C12H8ClF3N2S. The molecule has 0 aliphatic heterocycles. The summed E-state index contributed by atoms with van der Waals surface area (Å²) in [4.78, 5) is 0. The van der Waals surface area contributed by atoms with Gasteiger partial charge in [0.1, 0.15) is 5.03 Å². The summed E-state index contributed by atoms with van der Waals surface area (Å²) in [5, 5.41) is 8.38. The lowest BCUT2D eigenvalue weighted by Gasteiger charge is -2.08. The standard InChI is InChI=1S/C12H8ClF3N2S/c13-10-4-5-11(18-17-10)19-7-8-2-1-3-9(6-8)12(14,15)16/h1-6H,7H2. The minimum atomic E-state index is -4.32. The summed E-state index contributed by atoms with van der Waals surface area (Å²) in [5.74, 6) is 0.389. The number of alkyl halides is 3. The first-order valence-electron chi connectivity index (χ1n) is 5.23. The molecule has 2 rings (SSSR count). The summed E-state index contributed by atoms with van der Waals surface area (Å²) in [6, 6.07) is 8.49. The molecule has 0 fully saturated rings. The van der Waals surface area contributed by atoms with Crippen molar-refractivity contribution in [2.45, 2.75) is 17.0 Å². The second kappa shape index (κ2) is 5.79. The molecule has 7 heteroatoms. The summed E-state index contributed by atoms with van der Waals surface area (Å²) in [7, 11) is 0. The van der Waals surface area contributed by atoms with E-state index in [0.717, 1.165) is 12.1 Å². The first-order valence-corrected chi connectivity index (χ1v) is 6.60. The van der Waals surface area contributed by atoms with Gasteiger partial charge in [-0.2, -0.15) is 13.2 Å². The van der Waals surface area contributed by atoms with Crippen LogP contribution in [0.15, 0.2) is 41.4 Å². The lowest BCUT2D eigenvalue weighted by molar-refractivity contribution is -0.137. The van der Waals surface area contributed by atoms with E-state index in [0.29, 0.717) is 16.3 Å². The monoisotopic (exact) mass is 304 g/mol. The Labute approximate surface area is 117 Å². The van der Waals surface area contributed by atoms with Crippen LogP contribution in [0, 0.1) is 0 Å². The zero-order valence-corrected chi connectivity index (χ0v) is 11.1. The zero-order chi connectivity index (χ0) is 13.9. The van der Waals surface area contributed by atoms with Crippen LogP contribution < -0.4 is 0 Å². The van der Waals surface area contributed by atoms with E-state index in [1.807, 2.05) is 0 Å². The first kappa shape index (κ1) is 14.1. The van der Waals surface area contributed by atoms with Gasteiger partial charge in [-0.3, -0.25) is 0 Å². The lowest BCUT2D eigenvalue weighted by Crippen LogP contribution is -2.04. The Balaban J connectivity index is 2.05. The smallest absolute Gasteiger partial charge is 0.166 e. The minimum Gasteiger partial charge on any atom is -0.166 e. The third-order valence-corrected chi connectivity index (χ3v) is 3.44. The molecule has 1 heterocycles. The van der Waals surface area contributed by atoms with E-state index in [-0.39, 0.29) is 5.15 Å². The van der Waals surface area contributed by atoms with Crippen LogP contribution >= 0.6 is 23.4 Å². The molecule has 100 valence electrons. The van der Waals surface area contributed by atoms with Gasteiger partial charge >= 0.3 is 6.18 Å². The molecular weight excluding hydrogens is 297 g/mol. The van der Waals surface area contributed by atoms with E-state index in [1.165, 1.54) is 17.8 Å². The van der Waals surface area contributed by atoms with Gasteiger partial charge in [0.25, 0.3) is 0 Å². The third kappa shape index (κ3) is 4.11. The van der Waals surface area contributed by atoms with Crippen LogP contribution in [0.3, 0.4) is 0 Å². The molecule has 0 unspecified atom stereocenters. The fourth-order valence-electron chi connectivity index (χ4n) is 1.38. The quantitative estimate of drug-likeness (QED) is 0.784. The largest absolute Gasteiger partial charge is 0.416 e.